The van der Waals surface area contributed by atoms with E-state index in [1.54, 1.807) is 0 Å². The molecule has 0 aliphatic carbocycles. The van der Waals surface area contributed by atoms with Crippen molar-refractivity contribution in [2.45, 2.75) is 195 Å². The van der Waals surface area contributed by atoms with Crippen LogP contribution in [0.5, 0.6) is 0 Å². The van der Waals surface area contributed by atoms with Crippen LogP contribution in [0.1, 0.15) is 172 Å². The van der Waals surface area contributed by atoms with Gasteiger partial charge in [0.1, 0.15) is 12.3 Å². The third kappa shape index (κ3) is 14.1. The van der Waals surface area contributed by atoms with Gasteiger partial charge in [0.15, 0.2) is 5.66 Å². The van der Waals surface area contributed by atoms with Gasteiger partial charge in [0, 0.05) is 168 Å². The maximum atomic E-state index is 6.67. The van der Waals surface area contributed by atoms with Crippen molar-refractivity contribution in [3.8, 4) is 0 Å². The number of nitrogens with zero attached hydrogens (tertiary/aromatic N) is 19. The highest BCUT2D eigenvalue weighted by Crippen LogP contribution is 2.61. The average Bonchev–Trinajstić information content (AvgIpc) is 0.926. The van der Waals surface area contributed by atoms with Crippen molar-refractivity contribution in [1.29, 1.82) is 0 Å². The van der Waals surface area contributed by atoms with Crippen LogP contribution >= 0.6 is 0 Å². The van der Waals surface area contributed by atoms with E-state index in [0.717, 1.165) is 208 Å². The van der Waals surface area contributed by atoms with Crippen molar-refractivity contribution in [2.75, 3.05) is 197 Å². The van der Waals surface area contributed by atoms with Crippen molar-refractivity contribution < 1.29 is 9.47 Å². The van der Waals surface area contributed by atoms with Gasteiger partial charge in [0.2, 0.25) is 11.7 Å². The molecular weight excluding hydrogens is 1170 g/mol. The average molecular weight is 1300 g/mol. The Morgan fingerprint density at radius 2 is 0.935 bits per heavy atom. The molecule has 0 aromatic rings. The van der Waals surface area contributed by atoms with Crippen molar-refractivity contribution in [3.63, 3.8) is 0 Å². The third-order valence-corrected chi connectivity index (χ3v) is 21.9. The van der Waals surface area contributed by atoms with Crippen LogP contribution in [-0.4, -0.2) is 315 Å². The van der Waals surface area contributed by atoms with E-state index in [-0.39, 0.29) is 0 Å². The first kappa shape index (κ1) is 72.9. The molecule has 23 nitrogen and oxygen atoms in total. The van der Waals surface area contributed by atoms with Gasteiger partial charge in [-0.25, -0.2) is 55.4 Å². The molecule has 7 saturated heterocycles. The zero-order valence-corrected chi connectivity index (χ0v) is 60.5. The second kappa shape index (κ2) is 34.8. The Balaban J connectivity index is 1.54. The van der Waals surface area contributed by atoms with Crippen molar-refractivity contribution >= 4 is 0 Å². The summed E-state index contributed by atoms with van der Waals surface area (Å²) in [5, 5.41) is 50.0. The third-order valence-electron chi connectivity index (χ3n) is 21.9. The molecule has 0 aromatic heterocycles. The van der Waals surface area contributed by atoms with Crippen LogP contribution in [0, 0.1) is 0 Å². The molecule has 0 saturated carbocycles. The summed E-state index contributed by atoms with van der Waals surface area (Å²) in [4.78, 5) is 5.84. The lowest BCUT2D eigenvalue weighted by molar-refractivity contribution is -0.509. The molecule has 10 aliphatic heterocycles. The Bertz CT molecular complexity index is 2390. The van der Waals surface area contributed by atoms with E-state index >= 15 is 0 Å². The normalized spacial score (nSPS) is 28.2. The number of hydrogen-bond acceptors (Lipinski definition) is 23. The van der Waals surface area contributed by atoms with Crippen molar-refractivity contribution in [1.82, 2.24) is 100 Å². The van der Waals surface area contributed by atoms with E-state index in [0.29, 0.717) is 39.6 Å². The van der Waals surface area contributed by atoms with E-state index in [9.17, 15) is 0 Å². The predicted molar refractivity (Wildman–Crippen MR) is 376 cm³/mol. The minimum Gasteiger partial charge on any atom is -0.379 e. The lowest BCUT2D eigenvalue weighted by Gasteiger charge is -2.82. The molecule has 10 aliphatic rings. The summed E-state index contributed by atoms with van der Waals surface area (Å²) in [5.74, 6) is -2.13. The highest BCUT2D eigenvalue weighted by atomic mass is 16.5. The SMILES string of the molecule is CCCN(N1CCCCC1)C(N(CC)N1CCCCC1)(N(CC)N1CCCC1)N1CCC(NN2C=CN(CCCN)C2)(N(CCC)N2CCOCC2)C(N(CC)N2CCOCC2)(N(CCC)N2CC=CC=C2C)C1(N(CCC)N1CCCC1)N(CC)N1CC=CC=C1C. The van der Waals surface area contributed by atoms with Gasteiger partial charge in [-0.1, -0.05) is 92.5 Å². The molecule has 4 atom stereocenters. The van der Waals surface area contributed by atoms with Crippen molar-refractivity contribution in [2.24, 2.45) is 5.73 Å². The van der Waals surface area contributed by atoms with Crippen LogP contribution < -0.4 is 11.2 Å². The number of likely N-dealkylation sites (N-methyl/N-ethyl adjacent to an activating group) is 2. The monoisotopic (exact) mass is 1300 g/mol. The second-order valence-corrected chi connectivity index (χ2v) is 27.6. The van der Waals surface area contributed by atoms with Crippen molar-refractivity contribution in [3.05, 3.63) is 60.3 Å². The first-order valence-corrected chi connectivity index (χ1v) is 38.1. The fraction of sp³-hybridized carbons (Fsp3) is 0.857. The summed E-state index contributed by atoms with van der Waals surface area (Å²) in [6.45, 7) is 49.6. The van der Waals surface area contributed by atoms with Gasteiger partial charge in [-0.15, -0.1) is 0 Å². The minimum absolute atomic E-state index is 0.650. The Morgan fingerprint density at radius 1 is 0.484 bits per heavy atom. The molecule has 0 radical (unpaired) electrons. The summed E-state index contributed by atoms with van der Waals surface area (Å²) < 4.78 is 13.2. The molecule has 93 heavy (non-hydrogen) atoms. The number of nitrogens with one attached hydrogen (secondary N) is 1. The van der Waals surface area contributed by atoms with Gasteiger partial charge in [0.25, 0.3) is 0 Å². The number of morpholine rings is 2. The zero-order chi connectivity index (χ0) is 65.4. The summed E-state index contributed by atoms with van der Waals surface area (Å²) in [6, 6.07) is 0. The number of hydrazine groups is 9. The standard InChI is InChI=1S/C70H133N21O2/c1-11-38-88(80-58-62-93-63-59-80)67(72-74-55-54-73(64-74)42-33-37-71)36-53-83(70(87(18-8)76-47-29-30-48-76,86(17-7)75-43-23-19-24-44-75)91(41-14-4)78-45-25-20-26-46-78)69(90(40-13-3)77-49-31-32-50-77,85(16-6)81-51-27-21-34-65(81)9)68(67,84(15-5)79-56-60-92-61-57-79)89(39-12-2)82-52-28-22-35-66(82)10/h21-22,27-28,34-35,54-55,72H,11-20,23-26,29-33,36-53,56-64,71H2,1-10H3. The van der Waals surface area contributed by atoms with Gasteiger partial charge in [-0.2, -0.15) is 25.0 Å². The summed E-state index contributed by atoms with van der Waals surface area (Å²) in [5.41, 5.74) is 11.8. The number of likely N-dealkylation sites (tertiary alicyclic amines) is 1. The van der Waals surface area contributed by atoms with E-state index < -0.39 is 23.0 Å². The smallest absolute Gasteiger partial charge is 0.233 e. The molecular formula is C70H133N21O2. The molecule has 0 spiro atoms. The highest BCUT2D eigenvalue weighted by Gasteiger charge is 2.85. The van der Waals surface area contributed by atoms with Gasteiger partial charge in [0.05, 0.1) is 39.5 Å². The topological polar surface area (TPSA) is 118 Å². The first-order valence-electron chi connectivity index (χ1n) is 38.1. The summed E-state index contributed by atoms with van der Waals surface area (Å²) in [7, 11) is 0. The highest BCUT2D eigenvalue weighted by molar-refractivity contribution is 5.29. The van der Waals surface area contributed by atoms with Gasteiger partial charge in [-0.05, 0) is 122 Å². The first-order chi connectivity index (χ1) is 45.6. The fourth-order valence-corrected chi connectivity index (χ4v) is 18.4. The van der Waals surface area contributed by atoms with Crippen LogP contribution in [0.15, 0.2) is 60.3 Å². The van der Waals surface area contributed by atoms with Gasteiger partial charge < -0.3 is 30.1 Å². The van der Waals surface area contributed by atoms with Crippen LogP contribution in [0.2, 0.25) is 0 Å². The van der Waals surface area contributed by atoms with Crippen LogP contribution in [-0.2, 0) is 9.47 Å². The molecule has 7 fully saturated rings. The Kier molecular flexibility index (Phi) is 27.2. The number of nitrogens with two attached hydrogens (primary N) is 1. The van der Waals surface area contributed by atoms with Gasteiger partial charge >= 0.3 is 0 Å². The van der Waals surface area contributed by atoms with Gasteiger partial charge in [-0.3, -0.25) is 5.01 Å². The largest absolute Gasteiger partial charge is 0.379 e. The lowest BCUT2D eigenvalue weighted by atomic mass is 9.73. The van der Waals surface area contributed by atoms with Crippen LogP contribution in [0.4, 0.5) is 0 Å². The van der Waals surface area contributed by atoms with Crippen LogP contribution in [0.25, 0.3) is 0 Å². The molecule has 10 rings (SSSR count). The fourth-order valence-electron chi connectivity index (χ4n) is 18.4. The van der Waals surface area contributed by atoms with Crippen LogP contribution in [0.3, 0.4) is 0 Å². The number of ether oxygens (including phenoxy) is 2. The number of rotatable bonds is 34. The number of allylic oxidation sites excluding steroid dienone is 6. The molecule has 530 valence electrons. The predicted octanol–water partition coefficient (Wildman–Crippen LogP) is 7.08. The lowest BCUT2D eigenvalue weighted by Crippen LogP contribution is -3.05. The minimum atomic E-state index is -1.18. The van der Waals surface area contributed by atoms with E-state index in [2.05, 4.69) is 213 Å². The Hall–Kier alpha value is -2.86. The molecule has 0 amide bonds. The number of hydrogen-bond donors (Lipinski definition) is 2. The van der Waals surface area contributed by atoms with E-state index in [1.807, 2.05) is 0 Å². The zero-order valence-electron chi connectivity index (χ0n) is 60.5. The molecule has 4 unspecified atom stereocenters. The molecule has 10 heterocycles. The summed E-state index contributed by atoms with van der Waals surface area (Å²) in [6.07, 6.45) is 36.6. The maximum absolute atomic E-state index is 6.67. The molecule has 0 bridgehead atoms. The maximum Gasteiger partial charge on any atom is 0.233 e. The van der Waals surface area contributed by atoms with E-state index in [4.69, 9.17) is 20.6 Å². The molecule has 0 aromatic carbocycles. The quantitative estimate of drug-likeness (QED) is 0.0639. The second-order valence-electron chi connectivity index (χ2n) is 27.6. The number of piperidine rings is 3. The Morgan fingerprint density at radius 3 is 1.42 bits per heavy atom. The summed E-state index contributed by atoms with van der Waals surface area (Å²) >= 11 is 0. The molecule has 23 heteroatoms. The van der Waals surface area contributed by atoms with E-state index in [1.165, 1.54) is 62.8 Å². The molecule has 3 N–H and O–H groups in total. The Labute approximate surface area is 565 Å².